The maximum Gasteiger partial charge on any atom is 0.310 e. The fourth-order valence-corrected chi connectivity index (χ4v) is 4.24. The molecule has 1 aliphatic rings. The molecule has 0 spiro atoms. The van der Waals surface area contributed by atoms with Crippen LogP contribution in [0.15, 0.2) is 29.2 Å². The summed E-state index contributed by atoms with van der Waals surface area (Å²) in [7, 11) is -3.36. The van der Waals surface area contributed by atoms with Crippen molar-refractivity contribution >= 4 is 15.8 Å². The smallest absolute Gasteiger partial charge is 0.310 e. The Labute approximate surface area is 144 Å². The van der Waals surface area contributed by atoms with E-state index in [0.29, 0.717) is 31.0 Å². The molecule has 0 aliphatic carbocycles. The third-order valence-corrected chi connectivity index (χ3v) is 6.53. The standard InChI is InChI=1S/C18H27NO4S/c1-17(2,3)14-5-7-15(8-6-14)24(22,23)12-11-19-10-9-18(4,13-19)16(20)21/h5-8H,9-13H2,1-4H3,(H,20,21). The Bertz CT molecular complexity index is 704. The molecule has 0 radical (unpaired) electrons. The van der Waals surface area contributed by atoms with Crippen LogP contribution >= 0.6 is 0 Å². The van der Waals surface area contributed by atoms with Gasteiger partial charge >= 0.3 is 5.97 Å². The van der Waals surface area contributed by atoms with Gasteiger partial charge in [-0.3, -0.25) is 4.79 Å². The van der Waals surface area contributed by atoms with Gasteiger partial charge in [0.2, 0.25) is 0 Å². The first-order chi connectivity index (χ1) is 10.9. The first-order valence-corrected chi connectivity index (χ1v) is 9.88. The molecule has 1 saturated heterocycles. The molecular formula is C18H27NO4S. The minimum absolute atomic E-state index is 0.0115. The quantitative estimate of drug-likeness (QED) is 0.880. The van der Waals surface area contributed by atoms with E-state index in [-0.39, 0.29) is 11.2 Å². The first-order valence-electron chi connectivity index (χ1n) is 8.23. The summed E-state index contributed by atoms with van der Waals surface area (Å²) in [5.74, 6) is -0.803. The fourth-order valence-electron chi connectivity index (χ4n) is 2.95. The van der Waals surface area contributed by atoms with Gasteiger partial charge in [0, 0.05) is 13.1 Å². The lowest BCUT2D eigenvalue weighted by Gasteiger charge is -2.20. The summed E-state index contributed by atoms with van der Waals surface area (Å²) in [4.78, 5) is 13.5. The second-order valence-electron chi connectivity index (χ2n) is 7.99. The third-order valence-electron chi connectivity index (χ3n) is 4.82. The Balaban J connectivity index is 2.01. The molecule has 5 nitrogen and oxygen atoms in total. The molecule has 1 fully saturated rings. The SMILES string of the molecule is CC1(C(=O)O)CCN(CCS(=O)(=O)c2ccc(C(C)(C)C)cc2)C1. The molecular weight excluding hydrogens is 326 g/mol. The maximum atomic E-state index is 12.5. The molecule has 0 bridgehead atoms. The molecule has 6 heteroatoms. The molecule has 1 N–H and O–H groups in total. The number of carbonyl (C=O) groups is 1. The lowest BCUT2D eigenvalue weighted by Crippen LogP contribution is -2.33. The highest BCUT2D eigenvalue weighted by Crippen LogP contribution is 2.30. The fraction of sp³-hybridized carbons (Fsp3) is 0.611. The largest absolute Gasteiger partial charge is 0.481 e. The zero-order valence-corrected chi connectivity index (χ0v) is 15.7. The van der Waals surface area contributed by atoms with E-state index in [0.717, 1.165) is 5.56 Å². The van der Waals surface area contributed by atoms with Gasteiger partial charge in [-0.05, 0) is 43.0 Å². The van der Waals surface area contributed by atoms with E-state index in [9.17, 15) is 18.3 Å². The van der Waals surface area contributed by atoms with Gasteiger partial charge in [-0.1, -0.05) is 32.9 Å². The molecule has 24 heavy (non-hydrogen) atoms. The van der Waals surface area contributed by atoms with Crippen molar-refractivity contribution in [2.75, 3.05) is 25.4 Å². The molecule has 1 heterocycles. The number of carboxylic acids is 1. The van der Waals surface area contributed by atoms with Crippen LogP contribution in [0.5, 0.6) is 0 Å². The zero-order valence-electron chi connectivity index (χ0n) is 14.9. The van der Waals surface area contributed by atoms with Crippen LogP contribution in [0.4, 0.5) is 0 Å². The van der Waals surface area contributed by atoms with E-state index in [4.69, 9.17) is 0 Å². The van der Waals surface area contributed by atoms with Gasteiger partial charge in [-0.25, -0.2) is 8.42 Å². The van der Waals surface area contributed by atoms with Gasteiger partial charge in [0.25, 0.3) is 0 Å². The minimum Gasteiger partial charge on any atom is -0.481 e. The normalized spacial score (nSPS) is 22.7. The van der Waals surface area contributed by atoms with Crippen LogP contribution in [0.2, 0.25) is 0 Å². The number of rotatable bonds is 5. The Hall–Kier alpha value is -1.40. The van der Waals surface area contributed by atoms with Gasteiger partial charge in [0.15, 0.2) is 9.84 Å². The summed E-state index contributed by atoms with van der Waals surface area (Å²) in [6, 6.07) is 7.07. The predicted molar refractivity (Wildman–Crippen MR) is 94.0 cm³/mol. The number of likely N-dealkylation sites (tertiary alicyclic amines) is 1. The van der Waals surface area contributed by atoms with E-state index >= 15 is 0 Å². The highest BCUT2D eigenvalue weighted by Gasteiger charge is 2.40. The van der Waals surface area contributed by atoms with E-state index < -0.39 is 21.2 Å². The average molecular weight is 353 g/mol. The summed E-state index contributed by atoms with van der Waals surface area (Å²) >= 11 is 0. The molecule has 1 unspecified atom stereocenters. The highest BCUT2D eigenvalue weighted by molar-refractivity contribution is 7.91. The van der Waals surface area contributed by atoms with Gasteiger partial charge in [0.05, 0.1) is 16.1 Å². The summed E-state index contributed by atoms with van der Waals surface area (Å²) in [6.45, 7) is 9.37. The minimum atomic E-state index is -3.36. The van der Waals surface area contributed by atoms with Crippen molar-refractivity contribution in [1.82, 2.24) is 4.90 Å². The molecule has 0 amide bonds. The number of carboxylic acid groups (broad SMARTS) is 1. The summed E-state index contributed by atoms with van der Waals surface area (Å²) < 4.78 is 25.0. The van der Waals surface area contributed by atoms with Crippen molar-refractivity contribution in [2.24, 2.45) is 5.41 Å². The molecule has 1 atom stereocenters. The van der Waals surface area contributed by atoms with Crippen molar-refractivity contribution in [3.05, 3.63) is 29.8 Å². The van der Waals surface area contributed by atoms with E-state index in [1.165, 1.54) is 0 Å². The number of benzene rings is 1. The molecule has 1 aromatic carbocycles. The van der Waals surface area contributed by atoms with Crippen molar-refractivity contribution in [1.29, 1.82) is 0 Å². The summed E-state index contributed by atoms with van der Waals surface area (Å²) in [6.07, 6.45) is 0.558. The van der Waals surface area contributed by atoms with Gasteiger partial charge in [-0.15, -0.1) is 0 Å². The van der Waals surface area contributed by atoms with Crippen LogP contribution in [0, 0.1) is 5.41 Å². The average Bonchev–Trinajstić information content (AvgIpc) is 2.88. The van der Waals surface area contributed by atoms with Crippen LogP contribution < -0.4 is 0 Å². The van der Waals surface area contributed by atoms with E-state index in [2.05, 4.69) is 20.8 Å². The highest BCUT2D eigenvalue weighted by atomic mass is 32.2. The van der Waals surface area contributed by atoms with Crippen molar-refractivity contribution in [3.8, 4) is 0 Å². The molecule has 0 aromatic heterocycles. The number of hydrogen-bond acceptors (Lipinski definition) is 4. The van der Waals surface area contributed by atoms with Crippen molar-refractivity contribution < 1.29 is 18.3 Å². The van der Waals surface area contributed by atoms with Gasteiger partial charge in [0.1, 0.15) is 0 Å². The van der Waals surface area contributed by atoms with Crippen LogP contribution in [0.25, 0.3) is 0 Å². The van der Waals surface area contributed by atoms with Crippen LogP contribution in [-0.2, 0) is 20.0 Å². The Morgan fingerprint density at radius 1 is 1.25 bits per heavy atom. The van der Waals surface area contributed by atoms with E-state index in [1.54, 1.807) is 19.1 Å². The van der Waals surface area contributed by atoms with E-state index in [1.807, 2.05) is 17.0 Å². The first kappa shape index (κ1) is 18.9. The molecule has 134 valence electrons. The predicted octanol–water partition coefficient (Wildman–Crippen LogP) is 2.55. The van der Waals surface area contributed by atoms with Gasteiger partial charge < -0.3 is 10.0 Å². The lowest BCUT2D eigenvalue weighted by molar-refractivity contribution is -0.147. The Kier molecular flexibility index (Phi) is 5.11. The zero-order chi connectivity index (χ0) is 18.2. The summed E-state index contributed by atoms with van der Waals surface area (Å²) in [5.41, 5.74) is 0.315. The topological polar surface area (TPSA) is 74.7 Å². The Morgan fingerprint density at radius 2 is 1.83 bits per heavy atom. The lowest BCUT2D eigenvalue weighted by atomic mass is 9.87. The van der Waals surface area contributed by atoms with Crippen LogP contribution in [0.1, 0.15) is 39.7 Å². The number of aliphatic carboxylic acids is 1. The molecule has 0 saturated carbocycles. The van der Waals surface area contributed by atoms with Crippen LogP contribution in [-0.4, -0.2) is 49.8 Å². The number of nitrogens with zero attached hydrogens (tertiary/aromatic N) is 1. The number of hydrogen-bond donors (Lipinski definition) is 1. The second kappa shape index (κ2) is 6.48. The number of sulfone groups is 1. The second-order valence-corrected chi connectivity index (χ2v) is 10.1. The van der Waals surface area contributed by atoms with Crippen LogP contribution in [0.3, 0.4) is 0 Å². The molecule has 1 aliphatic heterocycles. The van der Waals surface area contributed by atoms with Crippen molar-refractivity contribution in [2.45, 2.75) is 44.4 Å². The molecule has 1 aromatic rings. The van der Waals surface area contributed by atoms with Crippen molar-refractivity contribution in [3.63, 3.8) is 0 Å². The maximum absolute atomic E-state index is 12.5. The Morgan fingerprint density at radius 3 is 2.29 bits per heavy atom. The third kappa shape index (κ3) is 4.16. The van der Waals surface area contributed by atoms with Gasteiger partial charge in [-0.2, -0.15) is 0 Å². The summed E-state index contributed by atoms with van der Waals surface area (Å²) in [5, 5.41) is 9.24. The monoisotopic (exact) mass is 353 g/mol. The molecule has 2 rings (SSSR count).